The van der Waals surface area contributed by atoms with Gasteiger partial charge in [-0.05, 0) is 63.8 Å². The summed E-state index contributed by atoms with van der Waals surface area (Å²) in [5, 5.41) is 2.26. The van der Waals surface area contributed by atoms with Gasteiger partial charge in [0.25, 0.3) is 0 Å². The molecule has 1 saturated heterocycles. The summed E-state index contributed by atoms with van der Waals surface area (Å²) in [5.74, 6) is 0. The van der Waals surface area contributed by atoms with Crippen LogP contribution in [-0.4, -0.2) is 17.3 Å². The predicted molar refractivity (Wildman–Crippen MR) is 117 cm³/mol. The van der Waals surface area contributed by atoms with Crippen molar-refractivity contribution in [3.8, 4) is 11.3 Å². The van der Waals surface area contributed by atoms with Crippen LogP contribution in [0.15, 0.2) is 46.8 Å². The van der Waals surface area contributed by atoms with E-state index < -0.39 is 0 Å². The van der Waals surface area contributed by atoms with E-state index in [-0.39, 0.29) is 6.10 Å². The molecule has 1 aliphatic heterocycles. The SMILES string of the molecule is Cc1ccc(N=c2scc(-c3c(C)cc(C)cc3C)n2C[C@@H]2CCCO2)cc1. The van der Waals surface area contributed by atoms with Crippen LogP contribution in [0.4, 0.5) is 5.69 Å². The fourth-order valence-electron chi connectivity index (χ4n) is 4.10. The average molecular weight is 393 g/mol. The minimum atomic E-state index is 0.274. The molecule has 3 nitrogen and oxygen atoms in total. The fourth-order valence-corrected chi connectivity index (χ4v) is 5.02. The second kappa shape index (κ2) is 8.06. The zero-order chi connectivity index (χ0) is 19.7. The average Bonchev–Trinajstić information content (AvgIpc) is 3.28. The van der Waals surface area contributed by atoms with Crippen LogP contribution in [0.3, 0.4) is 0 Å². The summed E-state index contributed by atoms with van der Waals surface area (Å²) in [5.41, 5.74) is 8.77. The summed E-state index contributed by atoms with van der Waals surface area (Å²) >= 11 is 1.72. The molecule has 2 aromatic carbocycles. The number of hydrogen-bond donors (Lipinski definition) is 0. The Labute approximate surface area is 171 Å². The van der Waals surface area contributed by atoms with Crippen LogP contribution in [-0.2, 0) is 11.3 Å². The van der Waals surface area contributed by atoms with Crippen molar-refractivity contribution < 1.29 is 4.74 Å². The van der Waals surface area contributed by atoms with Crippen molar-refractivity contribution in [3.63, 3.8) is 0 Å². The van der Waals surface area contributed by atoms with Crippen LogP contribution in [0.5, 0.6) is 0 Å². The van der Waals surface area contributed by atoms with Crippen molar-refractivity contribution in [1.29, 1.82) is 0 Å². The first kappa shape index (κ1) is 19.2. The molecule has 146 valence electrons. The van der Waals surface area contributed by atoms with E-state index in [4.69, 9.17) is 9.73 Å². The minimum absolute atomic E-state index is 0.274. The van der Waals surface area contributed by atoms with Crippen molar-refractivity contribution in [2.24, 2.45) is 4.99 Å². The number of rotatable bonds is 4. The van der Waals surface area contributed by atoms with E-state index in [0.29, 0.717) is 0 Å². The fraction of sp³-hybridized carbons (Fsp3) is 0.375. The molecule has 0 unspecified atom stereocenters. The maximum absolute atomic E-state index is 5.96. The Morgan fingerprint density at radius 1 is 1.04 bits per heavy atom. The summed E-state index contributed by atoms with van der Waals surface area (Å²) in [7, 11) is 0. The molecule has 2 heterocycles. The molecule has 1 aliphatic rings. The lowest BCUT2D eigenvalue weighted by Gasteiger charge is -2.17. The van der Waals surface area contributed by atoms with Crippen LogP contribution in [0.25, 0.3) is 11.3 Å². The Kier molecular flexibility index (Phi) is 5.51. The van der Waals surface area contributed by atoms with Crippen LogP contribution < -0.4 is 4.80 Å². The Morgan fingerprint density at radius 2 is 1.75 bits per heavy atom. The quantitative estimate of drug-likeness (QED) is 0.546. The van der Waals surface area contributed by atoms with Crippen LogP contribution in [0.1, 0.15) is 35.1 Å². The van der Waals surface area contributed by atoms with Gasteiger partial charge in [0.1, 0.15) is 0 Å². The third kappa shape index (κ3) is 3.98. The Morgan fingerprint density at radius 3 is 2.39 bits per heavy atom. The lowest BCUT2D eigenvalue weighted by Crippen LogP contribution is -2.24. The van der Waals surface area contributed by atoms with Gasteiger partial charge in [0, 0.05) is 17.6 Å². The number of hydrogen-bond acceptors (Lipinski definition) is 3. The lowest BCUT2D eigenvalue weighted by molar-refractivity contribution is 0.0968. The van der Waals surface area contributed by atoms with Crippen LogP contribution in [0, 0.1) is 27.7 Å². The first-order valence-electron chi connectivity index (χ1n) is 10.0. The van der Waals surface area contributed by atoms with Gasteiger partial charge in [-0.1, -0.05) is 35.4 Å². The van der Waals surface area contributed by atoms with E-state index >= 15 is 0 Å². The third-order valence-corrected chi connectivity index (χ3v) is 6.26. The van der Waals surface area contributed by atoms with E-state index in [2.05, 4.69) is 74.0 Å². The van der Waals surface area contributed by atoms with E-state index in [1.54, 1.807) is 11.3 Å². The molecule has 0 N–H and O–H groups in total. The number of ether oxygens (including phenoxy) is 1. The third-order valence-electron chi connectivity index (χ3n) is 5.40. The van der Waals surface area contributed by atoms with E-state index in [0.717, 1.165) is 36.5 Å². The summed E-state index contributed by atoms with van der Waals surface area (Å²) in [4.78, 5) is 6.01. The molecule has 1 aromatic heterocycles. The molecule has 1 fully saturated rings. The molecule has 4 rings (SSSR count). The van der Waals surface area contributed by atoms with Gasteiger partial charge in [-0.15, -0.1) is 11.3 Å². The Bertz CT molecular complexity index is 1010. The van der Waals surface area contributed by atoms with Gasteiger partial charge in [0.15, 0.2) is 4.80 Å². The number of thiazole rings is 1. The molecular weight excluding hydrogens is 364 g/mol. The normalized spacial score (nSPS) is 17.4. The van der Waals surface area contributed by atoms with Gasteiger partial charge in [-0.2, -0.15) is 0 Å². The number of nitrogens with zero attached hydrogens (tertiary/aromatic N) is 2. The van der Waals surface area contributed by atoms with E-state index in [1.807, 2.05) is 0 Å². The molecule has 3 aromatic rings. The number of benzene rings is 2. The first-order chi connectivity index (χ1) is 13.5. The molecule has 0 bridgehead atoms. The molecule has 0 saturated carbocycles. The lowest BCUT2D eigenvalue weighted by atomic mass is 9.97. The molecule has 4 heteroatoms. The van der Waals surface area contributed by atoms with Crippen LogP contribution in [0.2, 0.25) is 0 Å². The Balaban J connectivity index is 1.85. The van der Waals surface area contributed by atoms with Gasteiger partial charge < -0.3 is 9.30 Å². The molecule has 0 amide bonds. The van der Waals surface area contributed by atoms with Crippen molar-refractivity contribution in [1.82, 2.24) is 4.57 Å². The number of aromatic nitrogens is 1. The van der Waals surface area contributed by atoms with E-state index in [9.17, 15) is 0 Å². The predicted octanol–water partition coefficient (Wildman–Crippen LogP) is 5.86. The largest absolute Gasteiger partial charge is 0.376 e. The summed E-state index contributed by atoms with van der Waals surface area (Å²) in [6.07, 6.45) is 2.55. The van der Waals surface area contributed by atoms with Gasteiger partial charge in [-0.25, -0.2) is 4.99 Å². The minimum Gasteiger partial charge on any atom is -0.376 e. The van der Waals surface area contributed by atoms with Gasteiger partial charge in [0.05, 0.1) is 24.0 Å². The monoisotopic (exact) mass is 392 g/mol. The van der Waals surface area contributed by atoms with Crippen molar-refractivity contribution in [3.05, 3.63) is 68.8 Å². The number of aryl methyl sites for hydroxylation is 4. The van der Waals surface area contributed by atoms with Gasteiger partial charge in [0.2, 0.25) is 0 Å². The second-order valence-corrected chi connectivity index (χ2v) is 8.71. The highest BCUT2D eigenvalue weighted by atomic mass is 32.1. The molecule has 0 radical (unpaired) electrons. The summed E-state index contributed by atoms with van der Waals surface area (Å²) in [6, 6.07) is 13.0. The molecule has 28 heavy (non-hydrogen) atoms. The maximum atomic E-state index is 5.96. The second-order valence-electron chi connectivity index (χ2n) is 7.87. The molecule has 0 aliphatic carbocycles. The summed E-state index contributed by atoms with van der Waals surface area (Å²) in [6.45, 7) is 10.4. The zero-order valence-corrected chi connectivity index (χ0v) is 18.0. The summed E-state index contributed by atoms with van der Waals surface area (Å²) < 4.78 is 8.33. The smallest absolute Gasteiger partial charge is 0.190 e. The highest BCUT2D eigenvalue weighted by Gasteiger charge is 2.20. The molecular formula is C24H28N2OS. The van der Waals surface area contributed by atoms with Gasteiger partial charge in [-0.3, -0.25) is 0 Å². The van der Waals surface area contributed by atoms with Crippen molar-refractivity contribution >= 4 is 17.0 Å². The van der Waals surface area contributed by atoms with Crippen LogP contribution >= 0.6 is 11.3 Å². The highest BCUT2D eigenvalue weighted by molar-refractivity contribution is 7.07. The molecule has 1 atom stereocenters. The zero-order valence-electron chi connectivity index (χ0n) is 17.2. The van der Waals surface area contributed by atoms with Gasteiger partial charge >= 0.3 is 0 Å². The van der Waals surface area contributed by atoms with Crippen molar-refractivity contribution in [2.75, 3.05) is 6.61 Å². The highest BCUT2D eigenvalue weighted by Crippen LogP contribution is 2.30. The van der Waals surface area contributed by atoms with E-state index in [1.165, 1.54) is 33.5 Å². The van der Waals surface area contributed by atoms with Crippen molar-refractivity contribution in [2.45, 2.75) is 53.2 Å². The molecule has 0 spiro atoms. The topological polar surface area (TPSA) is 26.5 Å². The standard InChI is InChI=1S/C24H28N2OS/c1-16-7-9-20(10-8-16)25-24-26(14-21-6-5-11-27-21)22(15-28-24)23-18(3)12-17(2)13-19(23)4/h7-10,12-13,15,21H,5-6,11,14H2,1-4H3/t21-/m0/s1. The first-order valence-corrected chi connectivity index (χ1v) is 10.9. The Hall–Kier alpha value is -2.17. The maximum Gasteiger partial charge on any atom is 0.190 e.